The summed E-state index contributed by atoms with van der Waals surface area (Å²) in [5.41, 5.74) is 1.25. The van der Waals surface area contributed by atoms with E-state index < -0.39 is 5.41 Å². The third kappa shape index (κ3) is 4.76. The number of nitrogens with one attached hydrogen (secondary N) is 2. The summed E-state index contributed by atoms with van der Waals surface area (Å²) in [6.07, 6.45) is 3.30. The van der Waals surface area contributed by atoms with Gasteiger partial charge in [0.05, 0.1) is 18.1 Å². The average Bonchev–Trinajstić information content (AvgIpc) is 3.31. The predicted octanol–water partition coefficient (Wildman–Crippen LogP) is 4.89. The van der Waals surface area contributed by atoms with Gasteiger partial charge >= 0.3 is 0 Å². The van der Waals surface area contributed by atoms with Crippen molar-refractivity contribution in [3.05, 3.63) is 69.7 Å². The van der Waals surface area contributed by atoms with Crippen LogP contribution in [-0.2, 0) is 10.2 Å². The highest BCUT2D eigenvalue weighted by atomic mass is 35.5. The molecular weight excluding hydrogens is 486 g/mol. The van der Waals surface area contributed by atoms with Crippen molar-refractivity contribution in [3.63, 3.8) is 0 Å². The van der Waals surface area contributed by atoms with Crippen molar-refractivity contribution < 1.29 is 19.4 Å². The first-order valence-corrected chi connectivity index (χ1v) is 12.9. The molecule has 1 aromatic heterocycles. The van der Waals surface area contributed by atoms with Gasteiger partial charge in [0.2, 0.25) is 12.7 Å². The molecule has 7 nitrogen and oxygen atoms in total. The Bertz CT molecular complexity index is 1230. The second-order valence-electron chi connectivity index (χ2n) is 9.33. The number of carbonyl (C=O) groups excluding carboxylic acids is 1. The second-order valence-corrected chi connectivity index (χ2v) is 10.8. The zero-order valence-corrected chi connectivity index (χ0v) is 21.2. The Kier molecular flexibility index (Phi) is 6.72. The van der Waals surface area contributed by atoms with Crippen LogP contribution in [0.1, 0.15) is 48.7 Å². The Morgan fingerprint density at radius 1 is 1.20 bits per heavy atom. The zero-order chi connectivity index (χ0) is 24.6. The topological polar surface area (TPSA) is 92.7 Å². The lowest BCUT2D eigenvalue weighted by Crippen LogP contribution is -2.39. The summed E-state index contributed by atoms with van der Waals surface area (Å²) in [5, 5.41) is 17.6. The van der Waals surface area contributed by atoms with Crippen LogP contribution in [0.5, 0.6) is 11.5 Å². The van der Waals surface area contributed by atoms with Crippen molar-refractivity contribution in [1.82, 2.24) is 10.3 Å². The Labute approximate surface area is 213 Å². The molecule has 184 valence electrons. The number of benzene rings is 2. The highest BCUT2D eigenvalue weighted by molar-refractivity contribution is 7.15. The van der Waals surface area contributed by atoms with E-state index in [0.29, 0.717) is 21.7 Å². The van der Waals surface area contributed by atoms with Gasteiger partial charge in [-0.1, -0.05) is 61.1 Å². The number of ether oxygens (including phenoxy) is 2. The number of amides is 1. The standard InChI is InChI=1S/C26H28ClN3O4S/c1-15(2)19(13-31)29-23(17-5-3-4-6-18(17)27)22-12-28-25(35-22)30-24(32)26(9-10-26)16-7-8-20-21(11-16)34-14-33-20/h3-8,11-12,15,19,23,29,31H,9-10,13-14H2,1-2H3,(H,28,30,32)/t19-,23?/m1/s1. The van der Waals surface area contributed by atoms with Crippen LogP contribution in [-0.4, -0.2) is 35.4 Å². The predicted molar refractivity (Wildman–Crippen MR) is 136 cm³/mol. The van der Waals surface area contributed by atoms with Crippen LogP contribution in [0.4, 0.5) is 5.13 Å². The fraction of sp³-hybridized carbons (Fsp3) is 0.385. The minimum atomic E-state index is -0.577. The van der Waals surface area contributed by atoms with Gasteiger partial charge in [0.25, 0.3) is 0 Å². The first-order chi connectivity index (χ1) is 16.9. The molecule has 0 radical (unpaired) electrons. The summed E-state index contributed by atoms with van der Waals surface area (Å²) in [5.74, 6) is 1.52. The molecule has 3 aromatic rings. The minimum absolute atomic E-state index is 0.000924. The van der Waals surface area contributed by atoms with Gasteiger partial charge in [-0.3, -0.25) is 4.79 Å². The summed E-state index contributed by atoms with van der Waals surface area (Å²) in [7, 11) is 0. The molecule has 1 aliphatic heterocycles. The van der Waals surface area contributed by atoms with Crippen molar-refractivity contribution in [2.75, 3.05) is 18.7 Å². The monoisotopic (exact) mass is 513 g/mol. The van der Waals surface area contributed by atoms with E-state index in [1.54, 1.807) is 6.20 Å². The maximum Gasteiger partial charge on any atom is 0.236 e. The van der Waals surface area contributed by atoms with Gasteiger partial charge in [-0.05, 0) is 48.1 Å². The number of thiazole rings is 1. The van der Waals surface area contributed by atoms with Crippen LogP contribution in [0.15, 0.2) is 48.7 Å². The number of aliphatic hydroxyl groups excluding tert-OH is 1. The molecular formula is C26H28ClN3O4S. The number of anilines is 1. The smallest absolute Gasteiger partial charge is 0.236 e. The van der Waals surface area contributed by atoms with Crippen LogP contribution in [0, 0.1) is 5.92 Å². The lowest BCUT2D eigenvalue weighted by Gasteiger charge is -2.27. The second kappa shape index (κ2) is 9.78. The fourth-order valence-electron chi connectivity index (χ4n) is 4.37. The highest BCUT2D eigenvalue weighted by Crippen LogP contribution is 2.51. The van der Waals surface area contributed by atoms with Crippen LogP contribution in [0.2, 0.25) is 5.02 Å². The van der Waals surface area contributed by atoms with Crippen molar-refractivity contribution in [1.29, 1.82) is 0 Å². The van der Waals surface area contributed by atoms with Gasteiger partial charge in [-0.2, -0.15) is 0 Å². The van der Waals surface area contributed by atoms with Crippen LogP contribution >= 0.6 is 22.9 Å². The number of rotatable bonds is 9. The lowest BCUT2D eigenvalue weighted by molar-refractivity contribution is -0.118. The molecule has 0 spiro atoms. The molecule has 9 heteroatoms. The number of hydrogen-bond acceptors (Lipinski definition) is 7. The highest BCUT2D eigenvalue weighted by Gasteiger charge is 2.52. The fourth-order valence-corrected chi connectivity index (χ4v) is 5.50. The minimum Gasteiger partial charge on any atom is -0.454 e. The van der Waals surface area contributed by atoms with E-state index in [2.05, 4.69) is 29.5 Å². The number of nitrogens with zero attached hydrogens (tertiary/aromatic N) is 1. The number of aliphatic hydroxyl groups is 1. The van der Waals surface area contributed by atoms with Gasteiger partial charge in [-0.25, -0.2) is 4.98 Å². The summed E-state index contributed by atoms with van der Waals surface area (Å²) in [6.45, 7) is 4.32. The number of fused-ring (bicyclic) bond motifs is 1. The van der Waals surface area contributed by atoms with Crippen LogP contribution in [0.25, 0.3) is 0 Å². The van der Waals surface area contributed by atoms with Gasteiger partial charge < -0.3 is 25.2 Å². The van der Waals surface area contributed by atoms with Gasteiger partial charge in [0, 0.05) is 22.1 Å². The quantitative estimate of drug-likeness (QED) is 0.377. The molecule has 1 aliphatic carbocycles. The van der Waals surface area contributed by atoms with E-state index in [9.17, 15) is 9.90 Å². The van der Waals surface area contributed by atoms with E-state index in [-0.39, 0.29) is 37.3 Å². The Morgan fingerprint density at radius 3 is 2.69 bits per heavy atom. The normalized spacial score (nSPS) is 17.3. The number of carbonyl (C=O) groups is 1. The van der Waals surface area contributed by atoms with E-state index in [1.165, 1.54) is 11.3 Å². The Morgan fingerprint density at radius 2 is 1.97 bits per heavy atom. The molecule has 2 aromatic carbocycles. The summed E-state index contributed by atoms with van der Waals surface area (Å²) in [4.78, 5) is 18.7. The molecule has 1 unspecified atom stereocenters. The molecule has 1 fully saturated rings. The number of halogens is 1. The third-order valence-electron chi connectivity index (χ3n) is 6.74. The number of aromatic nitrogens is 1. The first-order valence-electron chi connectivity index (χ1n) is 11.7. The van der Waals surface area contributed by atoms with Gasteiger partial charge in [-0.15, -0.1) is 0 Å². The van der Waals surface area contributed by atoms with Crippen molar-refractivity contribution in [3.8, 4) is 11.5 Å². The van der Waals surface area contributed by atoms with E-state index in [1.807, 2.05) is 42.5 Å². The van der Waals surface area contributed by atoms with Crippen LogP contribution < -0.4 is 20.1 Å². The molecule has 3 N–H and O–H groups in total. The largest absolute Gasteiger partial charge is 0.454 e. The maximum absolute atomic E-state index is 13.3. The summed E-state index contributed by atoms with van der Waals surface area (Å²) >= 11 is 7.94. The van der Waals surface area contributed by atoms with Crippen molar-refractivity contribution in [2.24, 2.45) is 5.92 Å². The van der Waals surface area contributed by atoms with E-state index in [4.69, 9.17) is 21.1 Å². The van der Waals surface area contributed by atoms with E-state index >= 15 is 0 Å². The molecule has 0 saturated heterocycles. The molecule has 2 atom stereocenters. The third-order valence-corrected chi connectivity index (χ3v) is 8.06. The molecule has 2 aliphatic rings. The van der Waals surface area contributed by atoms with Crippen LogP contribution in [0.3, 0.4) is 0 Å². The molecule has 0 bridgehead atoms. The zero-order valence-electron chi connectivity index (χ0n) is 19.6. The molecule has 1 saturated carbocycles. The summed E-state index contributed by atoms with van der Waals surface area (Å²) in [6, 6.07) is 12.9. The van der Waals surface area contributed by atoms with E-state index in [0.717, 1.165) is 28.8 Å². The molecule has 5 rings (SSSR count). The van der Waals surface area contributed by atoms with Gasteiger partial charge in [0.15, 0.2) is 16.6 Å². The number of hydrogen-bond donors (Lipinski definition) is 3. The van der Waals surface area contributed by atoms with Crippen molar-refractivity contribution >= 4 is 34.0 Å². The van der Waals surface area contributed by atoms with Crippen molar-refractivity contribution in [2.45, 2.75) is 44.2 Å². The molecule has 35 heavy (non-hydrogen) atoms. The molecule has 2 heterocycles. The lowest BCUT2D eigenvalue weighted by atomic mass is 9.94. The first kappa shape index (κ1) is 24.1. The van der Waals surface area contributed by atoms with Gasteiger partial charge in [0.1, 0.15) is 0 Å². The SMILES string of the molecule is CC(C)[C@@H](CO)NC(c1cnc(NC(=O)C2(c3ccc4c(c3)OCO4)CC2)s1)c1ccccc1Cl. The Balaban J connectivity index is 1.37. The average molecular weight is 514 g/mol. The molecule has 1 amide bonds. The Hall–Kier alpha value is -2.65. The maximum atomic E-state index is 13.3. The summed E-state index contributed by atoms with van der Waals surface area (Å²) < 4.78 is 10.9.